The molecule has 0 aliphatic heterocycles. The van der Waals surface area contributed by atoms with Crippen LogP contribution in [0.2, 0.25) is 0 Å². The number of benzene rings is 1. The van der Waals surface area contributed by atoms with E-state index in [1.165, 1.54) is 7.11 Å². The van der Waals surface area contributed by atoms with Gasteiger partial charge in [0.25, 0.3) is 5.91 Å². The van der Waals surface area contributed by atoms with Crippen molar-refractivity contribution in [3.05, 3.63) is 42.1 Å². The van der Waals surface area contributed by atoms with Gasteiger partial charge in [-0.1, -0.05) is 18.2 Å². The Labute approximate surface area is 134 Å². The highest BCUT2D eigenvalue weighted by Gasteiger charge is 2.25. The van der Waals surface area contributed by atoms with Gasteiger partial charge >= 0.3 is 5.97 Å². The third-order valence-electron chi connectivity index (χ3n) is 3.48. The zero-order chi connectivity index (χ0) is 16.8. The van der Waals surface area contributed by atoms with Crippen molar-refractivity contribution in [2.24, 2.45) is 5.92 Å². The number of para-hydroxylation sites is 1. The van der Waals surface area contributed by atoms with Crippen molar-refractivity contribution in [2.75, 3.05) is 7.11 Å². The number of carbonyl (C=O) groups excluding carboxylic acids is 2. The molecule has 0 saturated carbocycles. The number of fused-ring (bicyclic) bond motifs is 1. The van der Waals surface area contributed by atoms with Gasteiger partial charge in [0.15, 0.2) is 0 Å². The first kappa shape index (κ1) is 16.4. The summed E-state index contributed by atoms with van der Waals surface area (Å²) in [5.74, 6) is -1.38. The molecule has 2 rings (SSSR count). The van der Waals surface area contributed by atoms with Crippen LogP contribution in [0.3, 0.4) is 0 Å². The van der Waals surface area contributed by atoms with Crippen LogP contribution < -0.4 is 5.32 Å². The normalized spacial score (nSPS) is 12.9. The fraction of sp³-hybridized carbons (Fsp3) is 0.294. The second kappa shape index (κ2) is 7.36. The lowest BCUT2D eigenvalue weighted by atomic mass is 10.0. The van der Waals surface area contributed by atoms with E-state index in [0.29, 0.717) is 11.1 Å². The zero-order valence-electron chi connectivity index (χ0n) is 12.9. The van der Waals surface area contributed by atoms with Crippen molar-refractivity contribution in [1.82, 2.24) is 10.3 Å². The second-order valence-corrected chi connectivity index (χ2v) is 5.20. The monoisotopic (exact) mass is 311 g/mol. The Bertz CT molecular complexity index is 762. The number of esters is 1. The molecule has 0 bridgehead atoms. The SMILES string of the molecule is COC(=O)[C@@H](C[C@H](C)C#N)NC(=O)c1cccc2cccnc12. The molecule has 0 aliphatic rings. The van der Waals surface area contributed by atoms with Crippen molar-refractivity contribution in [1.29, 1.82) is 5.26 Å². The molecule has 118 valence electrons. The molecule has 6 heteroatoms. The predicted octanol–water partition coefficient (Wildman–Crippen LogP) is 2.06. The number of carbonyl (C=O) groups is 2. The van der Waals surface area contributed by atoms with Crippen LogP contribution in [0.1, 0.15) is 23.7 Å². The van der Waals surface area contributed by atoms with E-state index in [1.807, 2.05) is 18.2 Å². The van der Waals surface area contributed by atoms with Gasteiger partial charge in [0, 0.05) is 17.5 Å². The summed E-state index contributed by atoms with van der Waals surface area (Å²) in [5.41, 5.74) is 0.936. The van der Waals surface area contributed by atoms with Crippen LogP contribution in [-0.4, -0.2) is 30.0 Å². The Morgan fingerprint density at radius 2 is 2.09 bits per heavy atom. The molecular formula is C17H17N3O3. The van der Waals surface area contributed by atoms with Crippen molar-refractivity contribution in [2.45, 2.75) is 19.4 Å². The van der Waals surface area contributed by atoms with Gasteiger partial charge in [-0.15, -0.1) is 0 Å². The highest BCUT2D eigenvalue weighted by atomic mass is 16.5. The lowest BCUT2D eigenvalue weighted by molar-refractivity contribution is -0.143. The maximum Gasteiger partial charge on any atom is 0.328 e. The number of ether oxygens (including phenoxy) is 1. The van der Waals surface area contributed by atoms with E-state index in [0.717, 1.165) is 5.39 Å². The van der Waals surface area contributed by atoms with Crippen LogP contribution in [0.4, 0.5) is 0 Å². The molecular weight excluding hydrogens is 294 g/mol. The van der Waals surface area contributed by atoms with Gasteiger partial charge in [0.1, 0.15) is 6.04 Å². The maximum atomic E-state index is 12.5. The molecule has 1 amide bonds. The lowest BCUT2D eigenvalue weighted by Crippen LogP contribution is -2.42. The number of nitrogens with zero attached hydrogens (tertiary/aromatic N) is 2. The van der Waals surface area contributed by atoms with Gasteiger partial charge in [0.05, 0.1) is 24.3 Å². The zero-order valence-corrected chi connectivity index (χ0v) is 12.9. The van der Waals surface area contributed by atoms with Crippen molar-refractivity contribution >= 4 is 22.8 Å². The Kier molecular flexibility index (Phi) is 5.26. The number of hydrogen-bond acceptors (Lipinski definition) is 5. The molecule has 2 atom stereocenters. The van der Waals surface area contributed by atoms with Crippen LogP contribution in [0.25, 0.3) is 10.9 Å². The molecule has 1 aromatic heterocycles. The second-order valence-electron chi connectivity index (χ2n) is 5.20. The molecule has 0 aliphatic carbocycles. The largest absolute Gasteiger partial charge is 0.467 e. The quantitative estimate of drug-likeness (QED) is 0.853. The van der Waals surface area contributed by atoms with Crippen LogP contribution in [0.5, 0.6) is 0 Å². The third kappa shape index (κ3) is 3.83. The first-order valence-corrected chi connectivity index (χ1v) is 7.19. The van der Waals surface area contributed by atoms with E-state index in [9.17, 15) is 9.59 Å². The Morgan fingerprint density at radius 3 is 2.78 bits per heavy atom. The van der Waals surface area contributed by atoms with Crippen LogP contribution in [-0.2, 0) is 9.53 Å². The Hall–Kier alpha value is -2.94. The molecule has 23 heavy (non-hydrogen) atoms. The minimum absolute atomic E-state index is 0.188. The summed E-state index contributed by atoms with van der Waals surface area (Å²) >= 11 is 0. The highest BCUT2D eigenvalue weighted by molar-refractivity contribution is 6.06. The van der Waals surface area contributed by atoms with E-state index in [2.05, 4.69) is 10.3 Å². The predicted molar refractivity (Wildman–Crippen MR) is 84.4 cm³/mol. The van der Waals surface area contributed by atoms with Crippen molar-refractivity contribution < 1.29 is 14.3 Å². The molecule has 6 nitrogen and oxygen atoms in total. The average Bonchev–Trinajstić information content (AvgIpc) is 2.59. The molecule has 0 saturated heterocycles. The van der Waals surface area contributed by atoms with Crippen molar-refractivity contribution in [3.63, 3.8) is 0 Å². The standard InChI is InChI=1S/C17H17N3O3/c1-11(10-18)9-14(17(22)23-2)20-16(21)13-7-3-5-12-6-4-8-19-15(12)13/h3-8,11,14H,9H2,1-2H3,(H,20,21)/t11-,14+/m0/s1. The van der Waals surface area contributed by atoms with Gasteiger partial charge < -0.3 is 10.1 Å². The minimum atomic E-state index is -0.874. The van der Waals surface area contributed by atoms with Crippen LogP contribution >= 0.6 is 0 Å². The fourth-order valence-corrected chi connectivity index (χ4v) is 2.29. The van der Waals surface area contributed by atoms with E-state index in [1.54, 1.807) is 31.3 Å². The number of aromatic nitrogens is 1. The summed E-state index contributed by atoms with van der Waals surface area (Å²) in [6.07, 6.45) is 1.79. The number of pyridine rings is 1. The van der Waals surface area contributed by atoms with E-state index in [4.69, 9.17) is 10.00 Å². The molecule has 2 aromatic rings. The number of nitriles is 1. The molecule has 1 N–H and O–H groups in total. The lowest BCUT2D eigenvalue weighted by Gasteiger charge is -2.17. The van der Waals surface area contributed by atoms with Gasteiger partial charge in [-0.05, 0) is 25.5 Å². The topological polar surface area (TPSA) is 92.1 Å². The minimum Gasteiger partial charge on any atom is -0.467 e. The summed E-state index contributed by atoms with van der Waals surface area (Å²) in [5, 5.41) is 12.4. The van der Waals surface area contributed by atoms with Crippen molar-refractivity contribution in [3.8, 4) is 6.07 Å². The molecule has 0 radical (unpaired) electrons. The van der Waals surface area contributed by atoms with Gasteiger partial charge in [-0.25, -0.2) is 4.79 Å². The summed E-state index contributed by atoms with van der Waals surface area (Å²) in [6, 6.07) is 10.1. The number of rotatable bonds is 5. The van der Waals surface area contributed by atoms with E-state index < -0.39 is 17.9 Å². The summed E-state index contributed by atoms with van der Waals surface area (Å²) in [6.45, 7) is 1.68. The third-order valence-corrected chi connectivity index (χ3v) is 3.48. The molecule has 1 aromatic carbocycles. The smallest absolute Gasteiger partial charge is 0.328 e. The molecule has 0 fully saturated rings. The number of methoxy groups -OCH3 is 1. The molecule has 0 unspecified atom stereocenters. The van der Waals surface area contributed by atoms with E-state index >= 15 is 0 Å². The first-order chi connectivity index (χ1) is 11.1. The first-order valence-electron chi connectivity index (χ1n) is 7.19. The number of amides is 1. The fourth-order valence-electron chi connectivity index (χ4n) is 2.29. The summed E-state index contributed by atoms with van der Waals surface area (Å²) < 4.78 is 4.70. The van der Waals surface area contributed by atoms with Gasteiger partial charge in [-0.3, -0.25) is 9.78 Å². The number of nitrogens with one attached hydrogen (secondary N) is 1. The highest BCUT2D eigenvalue weighted by Crippen LogP contribution is 2.16. The van der Waals surface area contributed by atoms with Crippen LogP contribution in [0, 0.1) is 17.2 Å². The molecule has 1 heterocycles. The summed E-state index contributed by atoms with van der Waals surface area (Å²) in [4.78, 5) is 28.6. The number of hydrogen-bond donors (Lipinski definition) is 1. The van der Waals surface area contributed by atoms with Gasteiger partial charge in [0.2, 0.25) is 0 Å². The van der Waals surface area contributed by atoms with Gasteiger partial charge in [-0.2, -0.15) is 5.26 Å². The van der Waals surface area contributed by atoms with E-state index in [-0.39, 0.29) is 12.3 Å². The Balaban J connectivity index is 2.27. The summed E-state index contributed by atoms with van der Waals surface area (Å²) in [7, 11) is 1.25. The Morgan fingerprint density at radius 1 is 1.35 bits per heavy atom. The molecule has 0 spiro atoms. The average molecular weight is 311 g/mol. The maximum absolute atomic E-state index is 12.5. The van der Waals surface area contributed by atoms with Crippen LogP contribution in [0.15, 0.2) is 36.5 Å².